The van der Waals surface area contributed by atoms with E-state index in [1.165, 1.54) is 37.3 Å². The van der Waals surface area contributed by atoms with Crippen molar-refractivity contribution in [2.24, 2.45) is 0 Å². The number of phenolic OH excluding ortho intramolecular Hbond substituents is 2. The molecule has 2 aromatic rings. The van der Waals surface area contributed by atoms with Crippen LogP contribution >= 0.6 is 0 Å². The van der Waals surface area contributed by atoms with Crippen LogP contribution in [0.15, 0.2) is 42.5 Å². The van der Waals surface area contributed by atoms with E-state index in [1.807, 2.05) is 0 Å². The quantitative estimate of drug-likeness (QED) is 0.808. The molecule has 0 saturated heterocycles. The molecule has 0 amide bonds. The summed E-state index contributed by atoms with van der Waals surface area (Å²) in [5, 5.41) is 30.7. The number of benzene rings is 2. The van der Waals surface area contributed by atoms with Gasteiger partial charge in [-0.05, 0) is 24.6 Å². The number of phenols is 2. The average Bonchev–Trinajstić information content (AvgIpc) is 2.46. The van der Waals surface area contributed by atoms with Crippen LogP contribution in [0.1, 0.15) is 30.0 Å². The molecular formula is C16H15F3O3. The fourth-order valence-corrected chi connectivity index (χ4v) is 2.54. The molecule has 0 aromatic heterocycles. The van der Waals surface area contributed by atoms with E-state index < -0.39 is 34.4 Å². The van der Waals surface area contributed by atoms with Gasteiger partial charge in [-0.3, -0.25) is 0 Å². The first-order valence-corrected chi connectivity index (χ1v) is 6.62. The maximum atomic E-state index is 13.2. The minimum absolute atomic E-state index is 0.161. The fraction of sp³-hybridized carbons (Fsp3) is 0.250. The van der Waals surface area contributed by atoms with Crippen molar-refractivity contribution in [3.05, 3.63) is 59.2 Å². The summed E-state index contributed by atoms with van der Waals surface area (Å²) in [7, 11) is 0. The molecule has 118 valence electrons. The topological polar surface area (TPSA) is 60.7 Å². The van der Waals surface area contributed by atoms with E-state index in [4.69, 9.17) is 0 Å². The molecule has 0 aliphatic heterocycles. The third kappa shape index (κ3) is 2.62. The predicted molar refractivity (Wildman–Crippen MR) is 74.5 cm³/mol. The first kappa shape index (κ1) is 16.2. The van der Waals surface area contributed by atoms with Gasteiger partial charge in [-0.1, -0.05) is 31.2 Å². The van der Waals surface area contributed by atoms with Crippen LogP contribution in [0.5, 0.6) is 11.5 Å². The highest BCUT2D eigenvalue weighted by Gasteiger charge is 2.43. The summed E-state index contributed by atoms with van der Waals surface area (Å²) < 4.78 is 39.6. The van der Waals surface area contributed by atoms with Crippen molar-refractivity contribution in [2.75, 3.05) is 0 Å². The van der Waals surface area contributed by atoms with Crippen LogP contribution in [0, 0.1) is 0 Å². The Bertz CT molecular complexity index is 662. The fourth-order valence-electron chi connectivity index (χ4n) is 2.54. The van der Waals surface area contributed by atoms with Gasteiger partial charge < -0.3 is 15.3 Å². The van der Waals surface area contributed by atoms with Crippen molar-refractivity contribution in [3.63, 3.8) is 0 Å². The molecule has 1 unspecified atom stereocenters. The van der Waals surface area contributed by atoms with Crippen molar-refractivity contribution in [3.8, 4) is 11.5 Å². The van der Waals surface area contributed by atoms with Crippen LogP contribution in [0.2, 0.25) is 0 Å². The molecule has 0 aliphatic carbocycles. The molecule has 0 saturated carbocycles. The lowest BCUT2D eigenvalue weighted by molar-refractivity contribution is -0.140. The number of hydrogen-bond donors (Lipinski definition) is 3. The summed E-state index contributed by atoms with van der Waals surface area (Å²) in [5.74, 6) is -0.942. The van der Waals surface area contributed by atoms with Gasteiger partial charge in [0.2, 0.25) is 0 Å². The third-order valence-corrected chi connectivity index (χ3v) is 3.62. The van der Waals surface area contributed by atoms with E-state index in [1.54, 1.807) is 0 Å². The normalized spacial score (nSPS) is 14.6. The van der Waals surface area contributed by atoms with Gasteiger partial charge in [0, 0.05) is 5.56 Å². The van der Waals surface area contributed by atoms with Crippen LogP contribution in [-0.2, 0) is 11.8 Å². The van der Waals surface area contributed by atoms with Gasteiger partial charge in [0.15, 0.2) is 0 Å². The predicted octanol–water partition coefficient (Wildman–Crippen LogP) is 3.76. The van der Waals surface area contributed by atoms with Crippen LogP contribution < -0.4 is 0 Å². The number of aromatic hydroxyl groups is 2. The van der Waals surface area contributed by atoms with Gasteiger partial charge in [-0.2, -0.15) is 13.2 Å². The second kappa shape index (κ2) is 5.53. The molecule has 3 N–H and O–H groups in total. The van der Waals surface area contributed by atoms with Gasteiger partial charge in [0.25, 0.3) is 0 Å². The molecule has 0 spiro atoms. The lowest BCUT2D eigenvalue weighted by Crippen LogP contribution is -2.30. The molecule has 22 heavy (non-hydrogen) atoms. The van der Waals surface area contributed by atoms with E-state index in [-0.39, 0.29) is 12.0 Å². The Morgan fingerprint density at radius 1 is 0.864 bits per heavy atom. The lowest BCUT2D eigenvalue weighted by Gasteiger charge is -2.31. The number of halogens is 3. The lowest BCUT2D eigenvalue weighted by atomic mass is 9.80. The molecule has 2 aromatic carbocycles. The van der Waals surface area contributed by atoms with Crippen LogP contribution in [0.25, 0.3) is 0 Å². The zero-order valence-electron chi connectivity index (χ0n) is 11.7. The molecule has 0 fully saturated rings. The molecule has 0 aliphatic rings. The minimum Gasteiger partial charge on any atom is -0.507 e. The molecule has 0 bridgehead atoms. The standard InChI is InChI=1S/C16H15F3O3/c1-2-15(22,14-12(20)8-5-9-13(14)21)10-6-3-4-7-11(10)16(17,18)19/h3-9,20-22H,2H2,1H3. The summed E-state index contributed by atoms with van der Waals surface area (Å²) in [6.07, 6.45) is -4.83. The Balaban J connectivity index is 2.77. The largest absolute Gasteiger partial charge is 0.507 e. The van der Waals surface area contributed by atoms with Crippen molar-refractivity contribution in [1.82, 2.24) is 0 Å². The molecule has 1 atom stereocenters. The Morgan fingerprint density at radius 3 is 1.82 bits per heavy atom. The average molecular weight is 312 g/mol. The van der Waals surface area contributed by atoms with Crippen molar-refractivity contribution in [2.45, 2.75) is 25.1 Å². The summed E-state index contributed by atoms with van der Waals surface area (Å²) >= 11 is 0. The molecule has 0 heterocycles. The van der Waals surface area contributed by atoms with Crippen molar-refractivity contribution >= 4 is 0 Å². The second-order valence-electron chi connectivity index (χ2n) is 4.93. The Morgan fingerprint density at radius 2 is 1.36 bits per heavy atom. The van der Waals surface area contributed by atoms with Gasteiger partial charge in [-0.25, -0.2) is 0 Å². The van der Waals surface area contributed by atoms with E-state index in [0.29, 0.717) is 0 Å². The first-order valence-electron chi connectivity index (χ1n) is 6.62. The van der Waals surface area contributed by atoms with Gasteiger partial charge in [0.1, 0.15) is 17.1 Å². The van der Waals surface area contributed by atoms with E-state index in [2.05, 4.69) is 0 Å². The number of rotatable bonds is 3. The highest BCUT2D eigenvalue weighted by molar-refractivity contribution is 5.53. The third-order valence-electron chi connectivity index (χ3n) is 3.62. The van der Waals surface area contributed by atoms with E-state index >= 15 is 0 Å². The van der Waals surface area contributed by atoms with Crippen LogP contribution in [-0.4, -0.2) is 15.3 Å². The van der Waals surface area contributed by atoms with Crippen LogP contribution in [0.3, 0.4) is 0 Å². The van der Waals surface area contributed by atoms with Crippen LogP contribution in [0.4, 0.5) is 13.2 Å². The second-order valence-corrected chi connectivity index (χ2v) is 4.93. The maximum absolute atomic E-state index is 13.2. The van der Waals surface area contributed by atoms with E-state index in [9.17, 15) is 28.5 Å². The first-order chi connectivity index (χ1) is 10.2. The SMILES string of the molecule is CCC(O)(c1ccccc1C(F)(F)F)c1c(O)cccc1O. The Hall–Kier alpha value is -2.21. The maximum Gasteiger partial charge on any atom is 0.416 e. The van der Waals surface area contributed by atoms with Crippen molar-refractivity contribution < 1.29 is 28.5 Å². The summed E-state index contributed by atoms with van der Waals surface area (Å²) in [6.45, 7) is 1.47. The zero-order chi connectivity index (χ0) is 16.5. The van der Waals surface area contributed by atoms with Gasteiger partial charge in [-0.15, -0.1) is 0 Å². The van der Waals surface area contributed by atoms with Crippen molar-refractivity contribution in [1.29, 1.82) is 0 Å². The van der Waals surface area contributed by atoms with Gasteiger partial charge >= 0.3 is 6.18 Å². The zero-order valence-corrected chi connectivity index (χ0v) is 11.7. The molecule has 3 nitrogen and oxygen atoms in total. The van der Waals surface area contributed by atoms with E-state index in [0.717, 1.165) is 12.1 Å². The number of aliphatic hydroxyl groups is 1. The Labute approximate surface area is 125 Å². The monoisotopic (exact) mass is 312 g/mol. The molecule has 6 heteroatoms. The highest BCUT2D eigenvalue weighted by Crippen LogP contribution is 2.46. The number of hydrogen-bond acceptors (Lipinski definition) is 3. The van der Waals surface area contributed by atoms with Gasteiger partial charge in [0.05, 0.1) is 11.1 Å². The Kier molecular flexibility index (Phi) is 4.06. The molecule has 0 radical (unpaired) electrons. The summed E-state index contributed by atoms with van der Waals surface area (Å²) in [6, 6.07) is 8.30. The minimum atomic E-state index is -4.67. The smallest absolute Gasteiger partial charge is 0.416 e. The highest BCUT2D eigenvalue weighted by atomic mass is 19.4. The summed E-state index contributed by atoms with van der Waals surface area (Å²) in [5.41, 5.74) is -3.93. The molecule has 2 rings (SSSR count). The summed E-state index contributed by atoms with van der Waals surface area (Å²) in [4.78, 5) is 0. The number of alkyl halides is 3. The molecular weight excluding hydrogens is 297 g/mol.